The van der Waals surface area contributed by atoms with E-state index in [1.165, 1.54) is 17.1 Å². The summed E-state index contributed by atoms with van der Waals surface area (Å²) in [5.41, 5.74) is 2.27. The van der Waals surface area contributed by atoms with Crippen LogP contribution in [0.2, 0.25) is 0 Å². The van der Waals surface area contributed by atoms with Gasteiger partial charge in [0.1, 0.15) is 11.3 Å². The van der Waals surface area contributed by atoms with Gasteiger partial charge in [-0.2, -0.15) is 0 Å². The Morgan fingerprint density at radius 2 is 1.74 bits per heavy atom. The van der Waals surface area contributed by atoms with Gasteiger partial charge in [0.05, 0.1) is 11.9 Å². The summed E-state index contributed by atoms with van der Waals surface area (Å²) in [4.78, 5) is 31.1. The number of carboxylic acids is 1. The topological polar surface area (TPSA) is 109 Å². The standard InChI is InChI=1S/C26H30N4O4/c1-16(2)30(25(32)19-6-4-17(3)5-7-19)24-23(26(33)34)15-29(28-24)21-10-8-18(9-11-21)20-12-22(31)14-27-13-20/h8-17,19,31H,4-7H2,1-3H3,(H,33,34). The van der Waals surface area contributed by atoms with Gasteiger partial charge in [0, 0.05) is 29.9 Å². The van der Waals surface area contributed by atoms with Gasteiger partial charge >= 0.3 is 5.97 Å². The van der Waals surface area contributed by atoms with E-state index in [0.29, 0.717) is 11.6 Å². The number of carbonyl (C=O) groups excluding carboxylic acids is 1. The maximum atomic E-state index is 13.5. The number of aromatic hydroxyl groups is 1. The molecule has 4 rings (SSSR count). The van der Waals surface area contributed by atoms with Gasteiger partial charge in [0.2, 0.25) is 5.91 Å². The zero-order valence-corrected chi connectivity index (χ0v) is 19.7. The molecule has 8 heteroatoms. The lowest BCUT2D eigenvalue weighted by Crippen LogP contribution is -2.43. The zero-order chi connectivity index (χ0) is 24.4. The Bertz CT molecular complexity index is 1180. The third kappa shape index (κ3) is 4.81. The molecule has 0 bridgehead atoms. The van der Waals surface area contributed by atoms with Gasteiger partial charge in [-0.15, -0.1) is 5.10 Å². The van der Waals surface area contributed by atoms with Gasteiger partial charge in [-0.05, 0) is 69.2 Å². The molecular formula is C26H30N4O4. The van der Waals surface area contributed by atoms with Crippen molar-refractivity contribution in [2.24, 2.45) is 11.8 Å². The molecule has 0 atom stereocenters. The van der Waals surface area contributed by atoms with Gasteiger partial charge < -0.3 is 10.2 Å². The quantitative estimate of drug-likeness (QED) is 0.539. The van der Waals surface area contributed by atoms with E-state index in [1.54, 1.807) is 17.2 Å². The first kappa shape index (κ1) is 23.5. The summed E-state index contributed by atoms with van der Waals surface area (Å²) in [5, 5.41) is 24.1. The van der Waals surface area contributed by atoms with E-state index in [1.807, 2.05) is 38.1 Å². The molecule has 1 fully saturated rings. The van der Waals surface area contributed by atoms with E-state index in [0.717, 1.165) is 36.8 Å². The molecule has 0 unspecified atom stereocenters. The number of carbonyl (C=O) groups is 2. The first-order valence-electron chi connectivity index (χ1n) is 11.7. The van der Waals surface area contributed by atoms with Crippen molar-refractivity contribution < 1.29 is 19.8 Å². The van der Waals surface area contributed by atoms with Crippen LogP contribution in [0.25, 0.3) is 16.8 Å². The predicted octanol–water partition coefficient (Wildman–Crippen LogP) is 4.91. The largest absolute Gasteiger partial charge is 0.506 e. The van der Waals surface area contributed by atoms with Crippen LogP contribution in [0.15, 0.2) is 48.9 Å². The Morgan fingerprint density at radius 3 is 2.32 bits per heavy atom. The van der Waals surface area contributed by atoms with Gasteiger partial charge in [-0.25, -0.2) is 9.48 Å². The number of hydrogen-bond acceptors (Lipinski definition) is 5. The molecule has 2 heterocycles. The summed E-state index contributed by atoms with van der Waals surface area (Å²) in [5.74, 6) is -0.423. The van der Waals surface area contributed by atoms with E-state index in [2.05, 4.69) is 17.0 Å². The van der Waals surface area contributed by atoms with Crippen LogP contribution in [0.5, 0.6) is 5.75 Å². The van der Waals surface area contributed by atoms with Crippen LogP contribution >= 0.6 is 0 Å². The molecule has 2 N–H and O–H groups in total. The molecule has 1 aliphatic rings. The van der Waals surface area contributed by atoms with Crippen LogP contribution in [0.4, 0.5) is 5.82 Å². The molecule has 1 saturated carbocycles. The summed E-state index contributed by atoms with van der Waals surface area (Å²) >= 11 is 0. The first-order valence-corrected chi connectivity index (χ1v) is 11.7. The fourth-order valence-electron chi connectivity index (χ4n) is 4.53. The number of anilines is 1. The Hall–Kier alpha value is -3.68. The van der Waals surface area contributed by atoms with Crippen molar-refractivity contribution in [1.82, 2.24) is 14.8 Å². The van der Waals surface area contributed by atoms with Gasteiger partial charge in [-0.3, -0.25) is 14.7 Å². The number of carboxylic acid groups (broad SMARTS) is 1. The van der Waals surface area contributed by atoms with Crippen LogP contribution in [0.1, 0.15) is 56.8 Å². The number of aromatic carboxylic acids is 1. The van der Waals surface area contributed by atoms with Crippen LogP contribution in [0, 0.1) is 11.8 Å². The second-order valence-corrected chi connectivity index (χ2v) is 9.35. The van der Waals surface area contributed by atoms with Crippen molar-refractivity contribution in [3.63, 3.8) is 0 Å². The Labute approximate surface area is 198 Å². The highest BCUT2D eigenvalue weighted by Crippen LogP contribution is 2.33. The maximum absolute atomic E-state index is 13.5. The highest BCUT2D eigenvalue weighted by molar-refractivity contribution is 6.01. The minimum atomic E-state index is -1.13. The average Bonchev–Trinajstić information content (AvgIpc) is 3.24. The summed E-state index contributed by atoms with van der Waals surface area (Å²) < 4.78 is 1.49. The molecule has 0 saturated heterocycles. The SMILES string of the molecule is CC1CCC(C(=O)N(c2nn(-c3ccc(-c4cncc(O)c4)cc3)cc2C(=O)O)C(C)C)CC1. The number of aromatic nitrogens is 3. The third-order valence-electron chi connectivity index (χ3n) is 6.46. The summed E-state index contributed by atoms with van der Waals surface area (Å²) in [6.07, 6.45) is 8.12. The molecule has 8 nitrogen and oxygen atoms in total. The minimum absolute atomic E-state index is 0.00696. The average molecular weight is 463 g/mol. The molecule has 34 heavy (non-hydrogen) atoms. The summed E-state index contributed by atoms with van der Waals surface area (Å²) in [6, 6.07) is 8.71. The number of pyridine rings is 1. The molecule has 1 aliphatic carbocycles. The highest BCUT2D eigenvalue weighted by Gasteiger charge is 2.34. The Kier molecular flexibility index (Phi) is 6.68. The lowest BCUT2D eigenvalue weighted by atomic mass is 9.82. The number of nitrogens with zero attached hydrogens (tertiary/aromatic N) is 4. The molecule has 3 aromatic rings. The van der Waals surface area contributed by atoms with Crippen LogP contribution in [0.3, 0.4) is 0 Å². The highest BCUT2D eigenvalue weighted by atomic mass is 16.4. The van der Waals surface area contributed by atoms with Crippen molar-refractivity contribution in [2.45, 2.75) is 52.5 Å². The molecule has 0 aliphatic heterocycles. The number of amides is 1. The Morgan fingerprint density at radius 1 is 1.06 bits per heavy atom. The van der Waals surface area contributed by atoms with Crippen LogP contribution in [-0.4, -0.2) is 42.9 Å². The molecule has 0 spiro atoms. The normalized spacial score (nSPS) is 18.1. The first-order chi connectivity index (χ1) is 16.2. The van der Waals surface area contributed by atoms with Crippen molar-refractivity contribution in [3.8, 4) is 22.6 Å². The summed E-state index contributed by atoms with van der Waals surface area (Å²) in [7, 11) is 0. The predicted molar refractivity (Wildman–Crippen MR) is 129 cm³/mol. The van der Waals surface area contributed by atoms with Crippen molar-refractivity contribution in [3.05, 3.63) is 54.5 Å². The number of rotatable bonds is 6. The van der Waals surface area contributed by atoms with Gasteiger partial charge in [0.15, 0.2) is 5.82 Å². The number of benzene rings is 1. The van der Waals surface area contributed by atoms with Crippen molar-refractivity contribution in [2.75, 3.05) is 4.90 Å². The fraction of sp³-hybridized carbons (Fsp3) is 0.385. The van der Waals surface area contributed by atoms with Crippen LogP contribution in [-0.2, 0) is 4.79 Å². The van der Waals surface area contributed by atoms with E-state index < -0.39 is 5.97 Å². The number of hydrogen-bond donors (Lipinski definition) is 2. The van der Waals surface area contributed by atoms with E-state index >= 15 is 0 Å². The maximum Gasteiger partial charge on any atom is 0.341 e. The summed E-state index contributed by atoms with van der Waals surface area (Å²) in [6.45, 7) is 5.96. The molecule has 1 aromatic carbocycles. The van der Waals surface area contributed by atoms with Crippen molar-refractivity contribution in [1.29, 1.82) is 0 Å². The lowest BCUT2D eigenvalue weighted by molar-refractivity contribution is -0.124. The van der Waals surface area contributed by atoms with Gasteiger partial charge in [-0.1, -0.05) is 19.1 Å². The van der Waals surface area contributed by atoms with Crippen molar-refractivity contribution >= 4 is 17.7 Å². The zero-order valence-electron chi connectivity index (χ0n) is 19.7. The monoisotopic (exact) mass is 462 g/mol. The van der Waals surface area contributed by atoms with E-state index in [9.17, 15) is 19.8 Å². The Balaban J connectivity index is 1.66. The molecule has 0 radical (unpaired) electrons. The fourth-order valence-corrected chi connectivity index (χ4v) is 4.53. The molecular weight excluding hydrogens is 432 g/mol. The van der Waals surface area contributed by atoms with Crippen LogP contribution < -0.4 is 4.90 Å². The third-order valence-corrected chi connectivity index (χ3v) is 6.46. The molecule has 2 aromatic heterocycles. The van der Waals surface area contributed by atoms with Gasteiger partial charge in [0.25, 0.3) is 0 Å². The minimum Gasteiger partial charge on any atom is -0.506 e. The van der Waals surface area contributed by atoms with E-state index in [4.69, 9.17) is 0 Å². The molecule has 1 amide bonds. The second-order valence-electron chi connectivity index (χ2n) is 9.35. The van der Waals surface area contributed by atoms with E-state index in [-0.39, 0.29) is 35.0 Å². The second kappa shape index (κ2) is 9.67. The molecule has 178 valence electrons. The smallest absolute Gasteiger partial charge is 0.341 e. The lowest BCUT2D eigenvalue weighted by Gasteiger charge is -2.32.